The Bertz CT molecular complexity index is 387. The summed E-state index contributed by atoms with van der Waals surface area (Å²) in [6.07, 6.45) is 0.0388. The van der Waals surface area contributed by atoms with E-state index >= 15 is 0 Å². The van der Waals surface area contributed by atoms with E-state index in [9.17, 15) is 0 Å². The molecule has 0 bridgehead atoms. The van der Waals surface area contributed by atoms with E-state index in [-0.39, 0.29) is 6.10 Å². The fraction of sp³-hybridized carbons (Fsp3) is 0.500. The number of halogens is 2. The van der Waals surface area contributed by atoms with Gasteiger partial charge in [-0.25, -0.2) is 0 Å². The molecule has 0 saturated carbocycles. The van der Waals surface area contributed by atoms with Gasteiger partial charge in [0.1, 0.15) is 12.7 Å². The Morgan fingerprint density at radius 1 is 1.41 bits per heavy atom. The van der Waals surface area contributed by atoms with Crippen LogP contribution in [0.3, 0.4) is 0 Å². The molecule has 0 radical (unpaired) electrons. The van der Waals surface area contributed by atoms with Gasteiger partial charge in [-0.15, -0.1) is 11.6 Å². The summed E-state index contributed by atoms with van der Waals surface area (Å²) in [5.41, 5.74) is 0. The van der Waals surface area contributed by atoms with Crippen LogP contribution in [0.15, 0.2) is 18.2 Å². The van der Waals surface area contributed by atoms with Gasteiger partial charge in [0.05, 0.1) is 0 Å². The Hall–Kier alpha value is -0.640. The van der Waals surface area contributed by atoms with Gasteiger partial charge in [-0.3, -0.25) is 0 Å². The van der Waals surface area contributed by atoms with Crippen LogP contribution in [0, 0.1) is 0 Å². The minimum Gasteiger partial charge on any atom is -0.486 e. The summed E-state index contributed by atoms with van der Waals surface area (Å²) >= 11 is 11.6. The van der Waals surface area contributed by atoms with Crippen LogP contribution in [0.2, 0.25) is 5.02 Å². The molecule has 94 valence electrons. The maximum absolute atomic E-state index is 5.88. The van der Waals surface area contributed by atoms with Gasteiger partial charge in [0.15, 0.2) is 11.5 Å². The van der Waals surface area contributed by atoms with Crippen molar-refractivity contribution in [2.24, 2.45) is 0 Å². The Morgan fingerprint density at radius 3 is 3.00 bits per heavy atom. The number of rotatable bonds is 4. The minimum absolute atomic E-state index is 0.0388. The fourth-order valence-corrected chi connectivity index (χ4v) is 2.21. The molecule has 1 atom stereocenters. The molecule has 0 aliphatic carbocycles. The van der Waals surface area contributed by atoms with Crippen LogP contribution >= 0.6 is 23.2 Å². The molecule has 2 rings (SSSR count). The lowest BCUT2D eigenvalue weighted by Crippen LogP contribution is -2.40. The summed E-state index contributed by atoms with van der Waals surface area (Å²) in [7, 11) is 2.02. The van der Waals surface area contributed by atoms with Gasteiger partial charge in [-0.2, -0.15) is 0 Å². The van der Waals surface area contributed by atoms with Gasteiger partial charge in [0.25, 0.3) is 0 Å². The predicted molar refractivity (Wildman–Crippen MR) is 69.6 cm³/mol. The number of alkyl halides is 1. The highest BCUT2D eigenvalue weighted by Gasteiger charge is 2.22. The van der Waals surface area contributed by atoms with Crippen LogP contribution in [0.5, 0.6) is 11.5 Å². The van der Waals surface area contributed by atoms with E-state index in [1.807, 2.05) is 13.1 Å². The fourth-order valence-electron chi connectivity index (χ4n) is 1.76. The van der Waals surface area contributed by atoms with E-state index in [0.29, 0.717) is 23.3 Å². The van der Waals surface area contributed by atoms with Crippen molar-refractivity contribution < 1.29 is 9.47 Å². The minimum atomic E-state index is 0.0388. The standard InChI is InChI=1S/C12H15Cl2NO2/c1-15(5-4-13)7-10-8-16-12-6-9(14)2-3-11(12)17-10/h2-3,6,10H,4-5,7-8H2,1H3. The molecule has 0 fully saturated rings. The highest BCUT2D eigenvalue weighted by atomic mass is 35.5. The van der Waals surface area contributed by atoms with Crippen molar-refractivity contribution in [1.29, 1.82) is 0 Å². The molecule has 1 heterocycles. The second-order valence-electron chi connectivity index (χ2n) is 4.09. The van der Waals surface area contributed by atoms with Crippen molar-refractivity contribution in [2.45, 2.75) is 6.10 Å². The van der Waals surface area contributed by atoms with Crippen LogP contribution in [0.4, 0.5) is 0 Å². The summed E-state index contributed by atoms with van der Waals surface area (Å²) in [6, 6.07) is 5.41. The third-order valence-corrected chi connectivity index (χ3v) is 3.01. The third-order valence-electron chi connectivity index (χ3n) is 2.61. The number of fused-ring (bicyclic) bond motifs is 1. The first-order chi connectivity index (χ1) is 8.19. The first kappa shape index (κ1) is 12.8. The molecule has 0 aromatic heterocycles. The van der Waals surface area contributed by atoms with Gasteiger partial charge in [-0.1, -0.05) is 11.6 Å². The van der Waals surface area contributed by atoms with Crippen molar-refractivity contribution in [3.05, 3.63) is 23.2 Å². The molecular formula is C12H15Cl2NO2. The summed E-state index contributed by atoms with van der Waals surface area (Å²) in [4.78, 5) is 2.13. The van der Waals surface area contributed by atoms with Crippen LogP contribution in [0.1, 0.15) is 0 Å². The van der Waals surface area contributed by atoms with E-state index in [0.717, 1.165) is 18.8 Å². The van der Waals surface area contributed by atoms with Crippen LogP contribution < -0.4 is 9.47 Å². The van der Waals surface area contributed by atoms with Gasteiger partial charge in [-0.05, 0) is 19.2 Å². The number of ether oxygens (including phenoxy) is 2. The number of nitrogens with zero attached hydrogens (tertiary/aromatic N) is 1. The van der Waals surface area contributed by atoms with E-state index < -0.39 is 0 Å². The molecule has 3 nitrogen and oxygen atoms in total. The Kier molecular flexibility index (Phi) is 4.37. The van der Waals surface area contributed by atoms with Crippen molar-refractivity contribution in [3.8, 4) is 11.5 Å². The Balaban J connectivity index is 1.96. The maximum atomic E-state index is 5.88. The van der Waals surface area contributed by atoms with Gasteiger partial charge in [0, 0.05) is 30.1 Å². The molecule has 1 aromatic carbocycles. The molecule has 1 unspecified atom stereocenters. The second-order valence-corrected chi connectivity index (χ2v) is 4.91. The molecule has 0 saturated heterocycles. The first-order valence-electron chi connectivity index (χ1n) is 5.52. The number of benzene rings is 1. The maximum Gasteiger partial charge on any atom is 0.162 e. The van der Waals surface area contributed by atoms with Crippen molar-refractivity contribution >= 4 is 23.2 Å². The zero-order chi connectivity index (χ0) is 12.3. The van der Waals surface area contributed by atoms with E-state index in [4.69, 9.17) is 32.7 Å². The molecule has 5 heteroatoms. The average Bonchev–Trinajstić information content (AvgIpc) is 2.29. The van der Waals surface area contributed by atoms with Crippen LogP contribution in [-0.2, 0) is 0 Å². The van der Waals surface area contributed by atoms with E-state index in [1.165, 1.54) is 0 Å². The topological polar surface area (TPSA) is 21.7 Å². The summed E-state index contributed by atoms with van der Waals surface area (Å²) in [5.74, 6) is 2.09. The quantitative estimate of drug-likeness (QED) is 0.789. The van der Waals surface area contributed by atoms with Gasteiger partial charge in [0.2, 0.25) is 0 Å². The third kappa shape index (κ3) is 3.41. The smallest absolute Gasteiger partial charge is 0.162 e. The zero-order valence-corrected chi connectivity index (χ0v) is 11.2. The summed E-state index contributed by atoms with van der Waals surface area (Å²) < 4.78 is 11.5. The van der Waals surface area contributed by atoms with Crippen molar-refractivity contribution in [2.75, 3.05) is 32.6 Å². The normalized spacial score (nSPS) is 18.5. The molecule has 0 amide bonds. The van der Waals surface area contributed by atoms with E-state index in [2.05, 4.69) is 4.90 Å². The molecule has 17 heavy (non-hydrogen) atoms. The molecule has 1 aromatic rings. The summed E-state index contributed by atoms with van der Waals surface area (Å²) in [5, 5.41) is 0.657. The van der Waals surface area contributed by atoms with Crippen LogP contribution in [-0.4, -0.2) is 43.6 Å². The first-order valence-corrected chi connectivity index (χ1v) is 6.44. The zero-order valence-electron chi connectivity index (χ0n) is 9.66. The molecular weight excluding hydrogens is 261 g/mol. The lowest BCUT2D eigenvalue weighted by molar-refractivity contribution is 0.0669. The molecule has 1 aliphatic rings. The number of hydrogen-bond acceptors (Lipinski definition) is 3. The van der Waals surface area contributed by atoms with Gasteiger partial charge < -0.3 is 14.4 Å². The van der Waals surface area contributed by atoms with Gasteiger partial charge >= 0.3 is 0 Å². The van der Waals surface area contributed by atoms with Crippen molar-refractivity contribution in [3.63, 3.8) is 0 Å². The Labute approximate surface area is 111 Å². The molecule has 0 spiro atoms. The summed E-state index contributed by atoms with van der Waals surface area (Å²) in [6.45, 7) is 2.18. The monoisotopic (exact) mass is 275 g/mol. The Morgan fingerprint density at radius 2 is 2.24 bits per heavy atom. The number of hydrogen-bond donors (Lipinski definition) is 0. The second kappa shape index (κ2) is 5.80. The highest BCUT2D eigenvalue weighted by Crippen LogP contribution is 2.34. The van der Waals surface area contributed by atoms with Crippen molar-refractivity contribution in [1.82, 2.24) is 4.90 Å². The van der Waals surface area contributed by atoms with Crippen LogP contribution in [0.25, 0.3) is 0 Å². The predicted octanol–water partition coefficient (Wildman–Crippen LogP) is 2.65. The molecule has 0 N–H and O–H groups in total. The lowest BCUT2D eigenvalue weighted by atomic mass is 10.2. The SMILES string of the molecule is CN(CCCl)CC1COc2cc(Cl)ccc2O1. The number of likely N-dealkylation sites (N-methyl/N-ethyl adjacent to an activating group) is 1. The molecule has 1 aliphatic heterocycles. The van der Waals surface area contributed by atoms with E-state index in [1.54, 1.807) is 12.1 Å². The largest absolute Gasteiger partial charge is 0.486 e. The lowest BCUT2D eigenvalue weighted by Gasteiger charge is -2.29. The highest BCUT2D eigenvalue weighted by molar-refractivity contribution is 6.30. The average molecular weight is 276 g/mol.